The molecule has 0 fully saturated rings. The number of nitrogens with zero attached hydrogens (tertiary/aromatic N) is 3. The molecular weight excluding hydrogens is 550 g/mol. The molecule has 3 aromatic heterocycles. The quantitative estimate of drug-likeness (QED) is 0.207. The lowest BCUT2D eigenvalue weighted by atomic mass is 9.85. The second kappa shape index (κ2) is 8.92. The van der Waals surface area contributed by atoms with Crippen molar-refractivity contribution in [2.24, 2.45) is 5.92 Å². The van der Waals surface area contributed by atoms with Crippen LogP contribution in [0.5, 0.6) is 0 Å². The molecule has 6 aromatic rings. The standard InChI is InChI=1S/C41H31N3O/c1-41(2)32-19-8-5-16-29(32)36-38(41)42-39(30-18-11-17-28-27-15-7-10-21-35(27)45-37(28)30)43-40(36)44-33-20-9-6-14-26(33)31-22-24-12-3-4-13-25(24)23-34(31)44/h3-8,10-11,13-19,21-24H,9,12,20H2,1-2H3. The molecule has 4 aliphatic rings. The Hall–Kier alpha value is -5.22. The van der Waals surface area contributed by atoms with Crippen LogP contribution in [0, 0.1) is 5.92 Å². The molecule has 1 atom stereocenters. The summed E-state index contributed by atoms with van der Waals surface area (Å²) >= 11 is 0. The molecule has 0 amide bonds. The first-order chi connectivity index (χ1) is 22.1. The maximum atomic E-state index is 6.52. The number of aromatic nitrogens is 3. The second-order valence-corrected chi connectivity index (χ2v) is 13.2. The van der Waals surface area contributed by atoms with Gasteiger partial charge >= 0.3 is 0 Å². The van der Waals surface area contributed by atoms with Crippen LogP contribution in [-0.2, 0) is 11.8 Å². The van der Waals surface area contributed by atoms with Crippen LogP contribution in [0.2, 0.25) is 0 Å². The largest absolute Gasteiger partial charge is 0.455 e. The van der Waals surface area contributed by atoms with Crippen molar-refractivity contribution in [1.82, 2.24) is 14.5 Å². The number of hydrogen-bond donors (Lipinski definition) is 0. The molecule has 0 N–H and O–H groups in total. The minimum Gasteiger partial charge on any atom is -0.455 e. The van der Waals surface area contributed by atoms with Crippen molar-refractivity contribution in [2.75, 3.05) is 0 Å². The Morgan fingerprint density at radius 3 is 2.69 bits per heavy atom. The molecule has 4 aliphatic carbocycles. The molecular formula is C41H31N3O. The average Bonchev–Trinajstić information content (AvgIpc) is 3.69. The lowest BCUT2D eigenvalue weighted by Gasteiger charge is -2.22. The Morgan fingerprint density at radius 2 is 1.73 bits per heavy atom. The van der Waals surface area contributed by atoms with Crippen molar-refractivity contribution in [3.63, 3.8) is 0 Å². The third kappa shape index (κ3) is 3.37. The van der Waals surface area contributed by atoms with Gasteiger partial charge in [-0.3, -0.25) is 4.57 Å². The maximum absolute atomic E-state index is 6.52. The van der Waals surface area contributed by atoms with Gasteiger partial charge in [-0.25, -0.2) is 9.97 Å². The van der Waals surface area contributed by atoms with Gasteiger partial charge in [0.05, 0.1) is 16.6 Å². The summed E-state index contributed by atoms with van der Waals surface area (Å²) in [4.78, 5) is 11.0. The van der Waals surface area contributed by atoms with Gasteiger partial charge in [0, 0.05) is 44.1 Å². The molecule has 0 aliphatic heterocycles. The van der Waals surface area contributed by atoms with E-state index in [4.69, 9.17) is 14.4 Å². The average molecular weight is 582 g/mol. The van der Waals surface area contributed by atoms with E-state index in [1.165, 1.54) is 38.5 Å². The predicted molar refractivity (Wildman–Crippen MR) is 183 cm³/mol. The molecule has 1 unspecified atom stereocenters. The van der Waals surface area contributed by atoms with Crippen LogP contribution in [0.3, 0.4) is 0 Å². The lowest BCUT2D eigenvalue weighted by molar-refractivity contribution is 0.634. The highest BCUT2D eigenvalue weighted by atomic mass is 16.3. The van der Waals surface area contributed by atoms with Crippen molar-refractivity contribution in [3.8, 4) is 28.3 Å². The van der Waals surface area contributed by atoms with Crippen LogP contribution >= 0.6 is 0 Å². The van der Waals surface area contributed by atoms with Crippen LogP contribution in [0.15, 0.2) is 101 Å². The number of benzene rings is 3. The summed E-state index contributed by atoms with van der Waals surface area (Å²) in [6.07, 6.45) is 19.3. The SMILES string of the molecule is CC1(C)c2ccccc2-c2c(-n3c4c(c5c3=CC3=CC=CCC3C=5)C=CCC4)nc(-c3cccc4c3oc3ccccc34)nc21. The molecule has 45 heavy (non-hydrogen) atoms. The highest BCUT2D eigenvalue weighted by Gasteiger charge is 2.41. The normalized spacial score (nSPS) is 18.4. The Labute approximate surface area is 261 Å². The highest BCUT2D eigenvalue weighted by Crippen LogP contribution is 2.50. The highest BCUT2D eigenvalue weighted by molar-refractivity contribution is 6.09. The van der Waals surface area contributed by atoms with Gasteiger partial charge in [-0.2, -0.15) is 0 Å². The Bertz CT molecular complexity index is 2500. The number of allylic oxidation sites excluding steroid dienone is 5. The molecule has 10 rings (SSSR count). The van der Waals surface area contributed by atoms with Crippen LogP contribution < -0.4 is 10.6 Å². The predicted octanol–water partition coefficient (Wildman–Crippen LogP) is 8.18. The molecule has 0 saturated heterocycles. The monoisotopic (exact) mass is 581 g/mol. The van der Waals surface area contributed by atoms with Crippen molar-refractivity contribution < 1.29 is 4.42 Å². The van der Waals surface area contributed by atoms with Gasteiger partial charge in [0.25, 0.3) is 0 Å². The first-order valence-electron chi connectivity index (χ1n) is 16.0. The van der Waals surface area contributed by atoms with Crippen LogP contribution in [0.1, 0.15) is 49.2 Å². The summed E-state index contributed by atoms with van der Waals surface area (Å²) in [6.45, 7) is 4.60. The zero-order chi connectivity index (χ0) is 29.9. The molecule has 0 bridgehead atoms. The number of furan rings is 1. The van der Waals surface area contributed by atoms with Gasteiger partial charge < -0.3 is 4.42 Å². The van der Waals surface area contributed by atoms with E-state index in [-0.39, 0.29) is 5.41 Å². The van der Waals surface area contributed by atoms with E-state index in [2.05, 4.69) is 116 Å². The van der Waals surface area contributed by atoms with Gasteiger partial charge in [0.2, 0.25) is 0 Å². The molecule has 216 valence electrons. The van der Waals surface area contributed by atoms with Crippen molar-refractivity contribution in [3.05, 3.63) is 130 Å². The van der Waals surface area contributed by atoms with Crippen LogP contribution in [0.4, 0.5) is 0 Å². The molecule has 4 heteroatoms. The summed E-state index contributed by atoms with van der Waals surface area (Å²) in [7, 11) is 0. The van der Waals surface area contributed by atoms with E-state index < -0.39 is 0 Å². The first-order valence-corrected chi connectivity index (χ1v) is 16.0. The Balaban J connectivity index is 1.35. The van der Waals surface area contributed by atoms with Gasteiger partial charge in [0.1, 0.15) is 17.0 Å². The number of hydrogen-bond acceptors (Lipinski definition) is 3. The summed E-state index contributed by atoms with van der Waals surface area (Å²) in [5.41, 5.74) is 11.1. The Morgan fingerprint density at radius 1 is 0.889 bits per heavy atom. The topological polar surface area (TPSA) is 43.9 Å². The third-order valence-electron chi connectivity index (χ3n) is 10.3. The van der Waals surface area contributed by atoms with E-state index in [0.717, 1.165) is 63.8 Å². The number of fused-ring (bicyclic) bond motifs is 10. The molecule has 0 saturated carbocycles. The molecule has 0 spiro atoms. The van der Waals surface area contributed by atoms with Crippen molar-refractivity contribution >= 4 is 40.2 Å². The summed E-state index contributed by atoms with van der Waals surface area (Å²) in [6, 6.07) is 23.4. The zero-order valence-corrected chi connectivity index (χ0v) is 25.3. The second-order valence-electron chi connectivity index (χ2n) is 13.2. The van der Waals surface area contributed by atoms with Gasteiger partial charge in [-0.15, -0.1) is 0 Å². The summed E-state index contributed by atoms with van der Waals surface area (Å²) in [5, 5.41) is 4.75. The van der Waals surface area contributed by atoms with Crippen LogP contribution in [-0.4, -0.2) is 14.5 Å². The molecule has 0 radical (unpaired) electrons. The third-order valence-corrected chi connectivity index (χ3v) is 10.3. The lowest BCUT2D eigenvalue weighted by Crippen LogP contribution is -2.34. The minimum atomic E-state index is -0.287. The van der Waals surface area contributed by atoms with Crippen molar-refractivity contribution in [1.29, 1.82) is 0 Å². The smallest absolute Gasteiger partial charge is 0.165 e. The molecule has 4 nitrogen and oxygen atoms in total. The molecule has 3 aromatic carbocycles. The molecule has 3 heterocycles. The fourth-order valence-electron chi connectivity index (χ4n) is 8.16. The summed E-state index contributed by atoms with van der Waals surface area (Å²) < 4.78 is 8.99. The number of rotatable bonds is 2. The Kier molecular flexibility index (Phi) is 4.98. The number of para-hydroxylation sites is 2. The summed E-state index contributed by atoms with van der Waals surface area (Å²) in [5.74, 6) is 2.08. The van der Waals surface area contributed by atoms with E-state index in [9.17, 15) is 0 Å². The van der Waals surface area contributed by atoms with E-state index >= 15 is 0 Å². The zero-order valence-electron chi connectivity index (χ0n) is 25.3. The fraction of sp³-hybridized carbons (Fsp3) is 0.171. The van der Waals surface area contributed by atoms with Crippen molar-refractivity contribution in [2.45, 2.75) is 38.5 Å². The maximum Gasteiger partial charge on any atom is 0.165 e. The van der Waals surface area contributed by atoms with E-state index in [1.54, 1.807) is 0 Å². The van der Waals surface area contributed by atoms with E-state index in [0.29, 0.717) is 11.7 Å². The van der Waals surface area contributed by atoms with Gasteiger partial charge in [-0.1, -0.05) is 105 Å². The minimum absolute atomic E-state index is 0.287. The van der Waals surface area contributed by atoms with Gasteiger partial charge in [0.15, 0.2) is 5.82 Å². The van der Waals surface area contributed by atoms with E-state index in [1.807, 2.05) is 12.1 Å². The fourth-order valence-corrected chi connectivity index (χ4v) is 8.16. The van der Waals surface area contributed by atoms with Crippen LogP contribution in [0.25, 0.3) is 68.5 Å². The first kappa shape index (κ1) is 25.1. The van der Waals surface area contributed by atoms with Gasteiger partial charge in [-0.05, 0) is 54.2 Å².